The number of piperidine rings is 1. The average molecular weight is 501 g/mol. The van der Waals surface area contributed by atoms with E-state index in [0.717, 1.165) is 31.6 Å². The standard InChI is InChI=1S/C26H37FN6O3/c1-5-19-12-28-26(32-9-7-21(27)17(2)13-32)30-25(19)29-20-10-22(24(31(3)4)23(35)11-20)33(16-34)8-6-18-14-36-15-18/h10-12,16-18,21,35H,5-9,13-15H2,1-4H3,(H,28,29,30). The highest BCUT2D eigenvalue weighted by molar-refractivity contribution is 5.90. The molecule has 1 amide bonds. The van der Waals surface area contributed by atoms with Crippen molar-refractivity contribution in [1.29, 1.82) is 0 Å². The van der Waals surface area contributed by atoms with Crippen LogP contribution in [0.25, 0.3) is 0 Å². The Balaban J connectivity index is 1.63. The van der Waals surface area contributed by atoms with Gasteiger partial charge in [-0.2, -0.15) is 4.98 Å². The molecule has 2 aliphatic rings. The quantitative estimate of drug-likeness (QED) is 0.477. The number of ether oxygens (including phenoxy) is 1. The number of phenolic OH excluding ortho intramolecular Hbond substituents is 1. The summed E-state index contributed by atoms with van der Waals surface area (Å²) in [6.07, 6.45) is 3.80. The number of aromatic hydroxyl groups is 1. The predicted molar refractivity (Wildman–Crippen MR) is 140 cm³/mol. The van der Waals surface area contributed by atoms with Gasteiger partial charge < -0.3 is 29.9 Å². The third-order valence-corrected chi connectivity index (χ3v) is 7.02. The molecule has 0 radical (unpaired) electrons. The van der Waals surface area contributed by atoms with E-state index in [1.54, 1.807) is 22.1 Å². The number of halogens is 1. The zero-order valence-corrected chi connectivity index (χ0v) is 21.6. The Bertz CT molecular complexity index is 1060. The molecule has 10 heteroatoms. The zero-order valence-electron chi connectivity index (χ0n) is 21.6. The number of nitrogens with zero attached hydrogens (tertiary/aromatic N) is 5. The number of benzene rings is 1. The molecule has 0 saturated carbocycles. The van der Waals surface area contributed by atoms with Crippen molar-refractivity contribution in [2.75, 3.05) is 67.0 Å². The lowest BCUT2D eigenvalue weighted by Crippen LogP contribution is -2.41. The molecule has 1 aromatic heterocycles. The molecule has 2 fully saturated rings. The van der Waals surface area contributed by atoms with Crippen LogP contribution < -0.4 is 20.0 Å². The number of aryl methyl sites for hydroxylation is 1. The van der Waals surface area contributed by atoms with Crippen LogP contribution in [0.4, 0.5) is 33.2 Å². The van der Waals surface area contributed by atoms with Crippen LogP contribution in [0.15, 0.2) is 18.3 Å². The Labute approximate surface area is 212 Å². The summed E-state index contributed by atoms with van der Waals surface area (Å²) in [6, 6.07) is 3.50. The Morgan fingerprint density at radius 2 is 2.11 bits per heavy atom. The van der Waals surface area contributed by atoms with E-state index in [4.69, 9.17) is 9.72 Å². The van der Waals surface area contributed by atoms with Gasteiger partial charge in [-0.05, 0) is 25.3 Å². The maximum atomic E-state index is 14.0. The minimum atomic E-state index is -0.803. The smallest absolute Gasteiger partial charge is 0.227 e. The normalized spacial score (nSPS) is 20.1. The van der Waals surface area contributed by atoms with Crippen molar-refractivity contribution < 1.29 is 19.0 Å². The highest BCUT2D eigenvalue weighted by Crippen LogP contribution is 2.40. The largest absolute Gasteiger partial charge is 0.506 e. The third kappa shape index (κ3) is 5.64. The van der Waals surface area contributed by atoms with Gasteiger partial charge in [-0.1, -0.05) is 13.8 Å². The molecule has 1 aromatic carbocycles. The number of rotatable bonds is 10. The van der Waals surface area contributed by atoms with Gasteiger partial charge in [-0.25, -0.2) is 9.37 Å². The Morgan fingerprint density at radius 3 is 2.72 bits per heavy atom. The molecule has 9 nitrogen and oxygen atoms in total. The Morgan fingerprint density at radius 1 is 1.33 bits per heavy atom. The summed E-state index contributed by atoms with van der Waals surface area (Å²) in [5.74, 6) is 1.61. The maximum Gasteiger partial charge on any atom is 0.227 e. The predicted octanol–water partition coefficient (Wildman–Crippen LogP) is 3.74. The summed E-state index contributed by atoms with van der Waals surface area (Å²) >= 11 is 0. The highest BCUT2D eigenvalue weighted by atomic mass is 19.1. The van der Waals surface area contributed by atoms with E-state index in [0.29, 0.717) is 67.2 Å². The number of anilines is 5. The van der Waals surface area contributed by atoms with Crippen LogP contribution in [0, 0.1) is 11.8 Å². The number of hydrogen-bond donors (Lipinski definition) is 2. The summed E-state index contributed by atoms with van der Waals surface area (Å²) in [7, 11) is 3.67. The van der Waals surface area contributed by atoms with E-state index < -0.39 is 6.17 Å². The van der Waals surface area contributed by atoms with Crippen LogP contribution in [0.1, 0.15) is 32.3 Å². The lowest BCUT2D eigenvalue weighted by Gasteiger charge is -2.33. The van der Waals surface area contributed by atoms with E-state index in [1.165, 1.54) is 0 Å². The summed E-state index contributed by atoms with van der Waals surface area (Å²) < 4.78 is 19.3. The van der Waals surface area contributed by atoms with Crippen molar-refractivity contribution in [2.24, 2.45) is 11.8 Å². The Hall–Kier alpha value is -3.14. The van der Waals surface area contributed by atoms with Crippen molar-refractivity contribution in [3.8, 4) is 5.75 Å². The van der Waals surface area contributed by atoms with Crippen molar-refractivity contribution in [2.45, 2.75) is 39.3 Å². The van der Waals surface area contributed by atoms with E-state index in [2.05, 4.69) is 10.3 Å². The molecule has 2 N–H and O–H groups in total. The lowest BCUT2D eigenvalue weighted by atomic mass is 9.98. The van der Waals surface area contributed by atoms with Crippen LogP contribution in [0.3, 0.4) is 0 Å². The molecule has 0 bridgehead atoms. The molecule has 2 atom stereocenters. The summed E-state index contributed by atoms with van der Waals surface area (Å²) in [5.41, 5.74) is 2.72. The SMILES string of the molecule is CCc1cnc(N2CCC(F)C(C)C2)nc1Nc1cc(O)c(N(C)C)c(N(C=O)CCC2COC2)c1. The molecule has 2 unspecified atom stereocenters. The molecule has 0 aliphatic carbocycles. The van der Waals surface area contributed by atoms with Gasteiger partial charge in [0.25, 0.3) is 0 Å². The molecular weight excluding hydrogens is 463 g/mol. The average Bonchev–Trinajstić information content (AvgIpc) is 2.81. The number of phenols is 1. The maximum absolute atomic E-state index is 14.0. The first kappa shape index (κ1) is 25.9. The second-order valence-electron chi connectivity index (χ2n) is 10.00. The number of carbonyl (C=O) groups excluding carboxylic acids is 1. The van der Waals surface area contributed by atoms with Gasteiger partial charge >= 0.3 is 0 Å². The van der Waals surface area contributed by atoms with Gasteiger partial charge in [-0.3, -0.25) is 4.79 Å². The molecule has 196 valence electrons. The third-order valence-electron chi connectivity index (χ3n) is 7.02. The summed E-state index contributed by atoms with van der Waals surface area (Å²) in [6.45, 7) is 7.03. The van der Waals surface area contributed by atoms with Crippen molar-refractivity contribution >= 4 is 35.2 Å². The van der Waals surface area contributed by atoms with E-state index >= 15 is 0 Å². The number of aromatic nitrogens is 2. The summed E-state index contributed by atoms with van der Waals surface area (Å²) in [4.78, 5) is 26.8. The number of hydrogen-bond acceptors (Lipinski definition) is 8. The van der Waals surface area contributed by atoms with E-state index in [1.807, 2.05) is 38.9 Å². The molecule has 2 aromatic rings. The van der Waals surface area contributed by atoms with Crippen LogP contribution in [0.2, 0.25) is 0 Å². The second-order valence-corrected chi connectivity index (χ2v) is 10.00. The van der Waals surface area contributed by atoms with Crippen molar-refractivity contribution in [3.63, 3.8) is 0 Å². The highest BCUT2D eigenvalue weighted by Gasteiger charge is 2.28. The fraction of sp³-hybridized carbons (Fsp3) is 0.577. The zero-order chi connectivity index (χ0) is 25.8. The molecule has 2 aliphatic heterocycles. The molecule has 36 heavy (non-hydrogen) atoms. The van der Waals surface area contributed by atoms with Crippen LogP contribution in [0.5, 0.6) is 5.75 Å². The second kappa shape index (κ2) is 11.3. The van der Waals surface area contributed by atoms with Crippen molar-refractivity contribution in [1.82, 2.24) is 9.97 Å². The summed E-state index contributed by atoms with van der Waals surface area (Å²) in [5, 5.41) is 14.3. The molecular formula is C26H37FN6O3. The van der Waals surface area contributed by atoms with Crippen LogP contribution in [-0.2, 0) is 16.0 Å². The van der Waals surface area contributed by atoms with E-state index in [-0.39, 0.29) is 11.7 Å². The van der Waals surface area contributed by atoms with Gasteiger partial charge in [0.05, 0.1) is 18.9 Å². The molecule has 0 spiro atoms. The van der Waals surface area contributed by atoms with Gasteiger partial charge in [0, 0.05) is 69.1 Å². The number of amides is 1. The van der Waals surface area contributed by atoms with Gasteiger partial charge in [0.15, 0.2) is 0 Å². The number of alkyl halides is 1. The lowest BCUT2D eigenvalue weighted by molar-refractivity contribution is -0.107. The fourth-order valence-corrected chi connectivity index (χ4v) is 4.71. The number of nitrogens with one attached hydrogen (secondary N) is 1. The topological polar surface area (TPSA) is 94.1 Å². The van der Waals surface area contributed by atoms with Gasteiger partial charge in [-0.15, -0.1) is 0 Å². The monoisotopic (exact) mass is 500 g/mol. The van der Waals surface area contributed by atoms with E-state index in [9.17, 15) is 14.3 Å². The first-order valence-electron chi connectivity index (χ1n) is 12.7. The van der Waals surface area contributed by atoms with Crippen LogP contribution in [-0.4, -0.2) is 74.6 Å². The minimum absolute atomic E-state index is 0.0602. The van der Waals surface area contributed by atoms with Gasteiger partial charge in [0.2, 0.25) is 12.4 Å². The van der Waals surface area contributed by atoms with Crippen LogP contribution >= 0.6 is 0 Å². The van der Waals surface area contributed by atoms with Crippen molar-refractivity contribution in [3.05, 3.63) is 23.9 Å². The molecule has 4 rings (SSSR count). The first-order valence-corrected chi connectivity index (χ1v) is 12.7. The first-order chi connectivity index (χ1) is 17.3. The molecule has 3 heterocycles. The number of carbonyl (C=O) groups is 1. The van der Waals surface area contributed by atoms with Gasteiger partial charge in [0.1, 0.15) is 23.4 Å². The minimum Gasteiger partial charge on any atom is -0.506 e. The Kier molecular flexibility index (Phi) is 8.13. The molecule has 2 saturated heterocycles. The fourth-order valence-electron chi connectivity index (χ4n) is 4.71.